The number of carbonyl (C=O) groups excluding carboxylic acids is 2. The fraction of sp³-hybridized carbons (Fsp3) is 0.895. The van der Waals surface area contributed by atoms with Crippen molar-refractivity contribution in [3.05, 3.63) is 0 Å². The molecule has 26 heavy (non-hydrogen) atoms. The van der Waals surface area contributed by atoms with E-state index in [0.717, 1.165) is 32.2 Å². The summed E-state index contributed by atoms with van der Waals surface area (Å²) in [7, 11) is 0. The maximum absolute atomic E-state index is 12.7. The number of piperidine rings is 1. The zero-order valence-electron chi connectivity index (χ0n) is 16.3. The van der Waals surface area contributed by atoms with Crippen LogP contribution in [0.1, 0.15) is 53.4 Å². The summed E-state index contributed by atoms with van der Waals surface area (Å²) < 4.78 is 5.49. The van der Waals surface area contributed by atoms with E-state index in [0.29, 0.717) is 24.9 Å². The third-order valence-electron chi connectivity index (χ3n) is 5.74. The van der Waals surface area contributed by atoms with Crippen LogP contribution in [0.3, 0.4) is 0 Å². The summed E-state index contributed by atoms with van der Waals surface area (Å²) in [5.74, 6) is 0.842. The average molecular weight is 386 g/mol. The summed E-state index contributed by atoms with van der Waals surface area (Å²) in [5.41, 5.74) is -0.690. The molecule has 2 aliphatic heterocycles. The Balaban J connectivity index is 1.53. The summed E-state index contributed by atoms with van der Waals surface area (Å²) in [6.45, 7) is 10.0. The lowest BCUT2D eigenvalue weighted by Gasteiger charge is -2.33. The molecule has 7 heteroatoms. The van der Waals surface area contributed by atoms with Crippen LogP contribution in [0, 0.1) is 11.8 Å². The molecule has 3 unspecified atom stereocenters. The first-order chi connectivity index (χ1) is 12.1. The topological polar surface area (TPSA) is 70.7 Å². The monoisotopic (exact) mass is 385 g/mol. The molecule has 0 aromatic heterocycles. The minimum Gasteiger partial charge on any atom is -0.444 e. The van der Waals surface area contributed by atoms with Gasteiger partial charge in [0.15, 0.2) is 0 Å². The Hall–Kier alpha value is -1.01. The summed E-state index contributed by atoms with van der Waals surface area (Å²) in [6, 6.07) is -0.305. The van der Waals surface area contributed by atoms with E-state index in [4.69, 9.17) is 16.3 Å². The van der Waals surface area contributed by atoms with Crippen LogP contribution in [-0.4, -0.2) is 59.1 Å². The second kappa shape index (κ2) is 7.19. The summed E-state index contributed by atoms with van der Waals surface area (Å²) in [6.07, 6.45) is 3.44. The van der Waals surface area contributed by atoms with Crippen molar-refractivity contribution in [3.8, 4) is 0 Å². The Kier molecular flexibility index (Phi) is 5.46. The Morgan fingerprint density at radius 3 is 2.38 bits per heavy atom. The molecule has 0 spiro atoms. The minimum atomic E-state index is -0.470. The van der Waals surface area contributed by atoms with E-state index in [-0.39, 0.29) is 29.0 Å². The number of carbonyl (C=O) groups is 2. The van der Waals surface area contributed by atoms with Crippen LogP contribution in [0.25, 0.3) is 0 Å². The van der Waals surface area contributed by atoms with Gasteiger partial charge in [0.2, 0.25) is 5.91 Å². The molecule has 2 amide bonds. The van der Waals surface area contributed by atoms with Gasteiger partial charge in [-0.2, -0.15) is 0 Å². The van der Waals surface area contributed by atoms with Crippen molar-refractivity contribution in [2.24, 2.45) is 11.8 Å². The maximum atomic E-state index is 12.7. The molecule has 6 nitrogen and oxygen atoms in total. The van der Waals surface area contributed by atoms with Crippen LogP contribution in [-0.2, 0) is 9.53 Å². The van der Waals surface area contributed by atoms with E-state index in [2.05, 4.69) is 17.6 Å². The molecule has 0 aromatic rings. The standard InChI is InChI=1S/C19H32ClN3O3/c1-18(2,3)26-17(25)23-10-12-8-19(4,9-13(12)11-23)22-16(24)15-14(20)6-5-7-21-15/h12-15,21H,5-11H2,1-4H3,(H,22,24)/t12-,13+,14?,15?,19?. The highest BCUT2D eigenvalue weighted by atomic mass is 35.5. The van der Waals surface area contributed by atoms with Gasteiger partial charge < -0.3 is 20.3 Å². The van der Waals surface area contributed by atoms with Crippen LogP contribution in [0.15, 0.2) is 0 Å². The highest BCUT2D eigenvalue weighted by Crippen LogP contribution is 2.44. The third kappa shape index (κ3) is 4.45. The first kappa shape index (κ1) is 19.7. The number of hydrogen-bond acceptors (Lipinski definition) is 4. The summed E-state index contributed by atoms with van der Waals surface area (Å²) in [4.78, 5) is 26.8. The van der Waals surface area contributed by atoms with E-state index >= 15 is 0 Å². The lowest BCUT2D eigenvalue weighted by atomic mass is 9.96. The van der Waals surface area contributed by atoms with Crippen LogP contribution < -0.4 is 10.6 Å². The van der Waals surface area contributed by atoms with Crippen molar-refractivity contribution < 1.29 is 14.3 Å². The number of nitrogens with one attached hydrogen (secondary N) is 2. The van der Waals surface area contributed by atoms with Gasteiger partial charge in [0.25, 0.3) is 0 Å². The van der Waals surface area contributed by atoms with Crippen LogP contribution in [0.2, 0.25) is 0 Å². The van der Waals surface area contributed by atoms with Gasteiger partial charge in [-0.3, -0.25) is 4.79 Å². The van der Waals surface area contributed by atoms with Crippen LogP contribution in [0.5, 0.6) is 0 Å². The smallest absolute Gasteiger partial charge is 0.410 e. The van der Waals surface area contributed by atoms with Crippen molar-refractivity contribution in [2.75, 3.05) is 19.6 Å². The van der Waals surface area contributed by atoms with Crippen molar-refractivity contribution in [1.82, 2.24) is 15.5 Å². The Morgan fingerprint density at radius 1 is 1.23 bits per heavy atom. The maximum Gasteiger partial charge on any atom is 0.410 e. The van der Waals surface area contributed by atoms with E-state index in [1.165, 1.54) is 0 Å². The predicted molar refractivity (Wildman–Crippen MR) is 101 cm³/mol. The SMILES string of the molecule is CC1(NC(=O)C2NCCCC2Cl)C[C@H]2CN(C(=O)OC(C)(C)C)C[C@H]2C1. The fourth-order valence-electron chi connectivity index (χ4n) is 4.70. The number of nitrogens with zero attached hydrogens (tertiary/aromatic N) is 1. The van der Waals surface area contributed by atoms with Gasteiger partial charge in [-0.05, 0) is 71.8 Å². The summed E-state index contributed by atoms with van der Waals surface area (Å²) >= 11 is 6.33. The zero-order valence-corrected chi connectivity index (χ0v) is 17.1. The molecule has 0 bridgehead atoms. The van der Waals surface area contributed by atoms with Gasteiger partial charge in [-0.1, -0.05) is 0 Å². The Morgan fingerprint density at radius 2 is 1.85 bits per heavy atom. The number of hydrogen-bond donors (Lipinski definition) is 2. The van der Waals surface area contributed by atoms with E-state index in [1.807, 2.05) is 25.7 Å². The Bertz CT molecular complexity index is 549. The normalized spacial score (nSPS) is 37.3. The zero-order chi connectivity index (χ0) is 19.1. The van der Waals surface area contributed by atoms with Crippen molar-refractivity contribution >= 4 is 23.6 Å². The number of amides is 2. The third-order valence-corrected chi connectivity index (χ3v) is 6.21. The van der Waals surface area contributed by atoms with Gasteiger partial charge in [0, 0.05) is 18.6 Å². The average Bonchev–Trinajstić information content (AvgIpc) is 3.00. The molecule has 3 aliphatic rings. The molecule has 5 atom stereocenters. The first-order valence-electron chi connectivity index (χ1n) is 9.74. The van der Waals surface area contributed by atoms with Gasteiger partial charge >= 0.3 is 6.09 Å². The number of alkyl halides is 1. The second-order valence-corrected chi connectivity index (χ2v) is 10.0. The van der Waals surface area contributed by atoms with Crippen molar-refractivity contribution in [1.29, 1.82) is 0 Å². The Labute approximate surface area is 161 Å². The molecule has 0 radical (unpaired) electrons. The minimum absolute atomic E-state index is 0.0103. The molecule has 1 aliphatic carbocycles. The predicted octanol–water partition coefficient (Wildman–Crippen LogP) is 2.50. The number of fused-ring (bicyclic) bond motifs is 1. The fourth-order valence-corrected chi connectivity index (χ4v) is 5.06. The molecule has 0 aromatic carbocycles. The lowest BCUT2D eigenvalue weighted by molar-refractivity contribution is -0.125. The van der Waals surface area contributed by atoms with Gasteiger partial charge in [-0.25, -0.2) is 4.79 Å². The molecule has 1 saturated carbocycles. The van der Waals surface area contributed by atoms with Gasteiger partial charge in [0.1, 0.15) is 11.6 Å². The van der Waals surface area contributed by atoms with Crippen molar-refractivity contribution in [2.45, 2.75) is 75.9 Å². The van der Waals surface area contributed by atoms with E-state index < -0.39 is 5.60 Å². The molecular formula is C19H32ClN3O3. The molecule has 2 saturated heterocycles. The number of likely N-dealkylation sites (tertiary alicyclic amines) is 1. The van der Waals surface area contributed by atoms with Crippen LogP contribution >= 0.6 is 11.6 Å². The molecule has 2 heterocycles. The molecule has 2 N–H and O–H groups in total. The molecule has 3 rings (SSSR count). The molecule has 3 fully saturated rings. The highest BCUT2D eigenvalue weighted by molar-refractivity contribution is 6.22. The summed E-state index contributed by atoms with van der Waals surface area (Å²) in [5, 5.41) is 6.34. The van der Waals surface area contributed by atoms with E-state index in [9.17, 15) is 9.59 Å². The molecular weight excluding hydrogens is 354 g/mol. The van der Waals surface area contributed by atoms with Gasteiger partial charge in [-0.15, -0.1) is 11.6 Å². The van der Waals surface area contributed by atoms with Crippen LogP contribution in [0.4, 0.5) is 4.79 Å². The first-order valence-corrected chi connectivity index (χ1v) is 10.2. The second-order valence-electron chi connectivity index (χ2n) is 9.45. The van der Waals surface area contributed by atoms with Gasteiger partial charge in [0.05, 0.1) is 5.38 Å². The lowest BCUT2D eigenvalue weighted by Crippen LogP contribution is -2.57. The largest absolute Gasteiger partial charge is 0.444 e. The number of rotatable bonds is 2. The van der Waals surface area contributed by atoms with Crippen molar-refractivity contribution in [3.63, 3.8) is 0 Å². The number of halogens is 1. The molecule has 148 valence electrons. The quantitative estimate of drug-likeness (QED) is 0.716. The highest BCUT2D eigenvalue weighted by Gasteiger charge is 2.49. The number of ether oxygens (including phenoxy) is 1. The van der Waals surface area contributed by atoms with E-state index in [1.54, 1.807) is 0 Å².